The van der Waals surface area contributed by atoms with E-state index < -0.39 is 0 Å². The Morgan fingerprint density at radius 3 is 2.39 bits per heavy atom. The number of ether oxygens (including phenoxy) is 3. The van der Waals surface area contributed by atoms with Gasteiger partial charge in [0.2, 0.25) is 0 Å². The van der Waals surface area contributed by atoms with Gasteiger partial charge in [-0.25, -0.2) is 4.79 Å². The Hall–Kier alpha value is -2.69. The van der Waals surface area contributed by atoms with E-state index in [2.05, 4.69) is 0 Å². The summed E-state index contributed by atoms with van der Waals surface area (Å²) in [5.41, 5.74) is 7.00. The topological polar surface area (TPSA) is 70.8 Å². The summed E-state index contributed by atoms with van der Waals surface area (Å²) in [6.07, 6.45) is 7.13. The molecule has 0 atom stereocenters. The highest BCUT2D eigenvalue weighted by Crippen LogP contribution is 2.26. The third kappa shape index (κ3) is 6.19. The van der Waals surface area contributed by atoms with Crippen LogP contribution in [0.1, 0.15) is 55.3 Å². The zero-order chi connectivity index (χ0) is 19.6. The number of benzene rings is 2. The van der Waals surface area contributed by atoms with Gasteiger partial charge in [0, 0.05) is 0 Å². The molecule has 0 saturated heterocycles. The van der Waals surface area contributed by atoms with Crippen LogP contribution in [0.15, 0.2) is 48.5 Å². The lowest BCUT2D eigenvalue weighted by molar-refractivity contribution is 0.0211. The van der Waals surface area contributed by atoms with Crippen LogP contribution in [0.25, 0.3) is 0 Å². The van der Waals surface area contributed by atoms with Crippen LogP contribution in [0, 0.1) is 0 Å². The molecule has 5 nitrogen and oxygen atoms in total. The normalized spacial score (nSPS) is 14.4. The number of carbonyl (C=O) groups excluding carboxylic acids is 1. The Labute approximate surface area is 166 Å². The summed E-state index contributed by atoms with van der Waals surface area (Å²) in [4.78, 5) is 12.4. The molecule has 28 heavy (non-hydrogen) atoms. The molecule has 0 bridgehead atoms. The smallest absolute Gasteiger partial charge is 0.338 e. The molecule has 1 saturated carbocycles. The van der Waals surface area contributed by atoms with Crippen molar-refractivity contribution in [2.45, 2.75) is 51.0 Å². The zero-order valence-electron chi connectivity index (χ0n) is 16.3. The first-order valence-corrected chi connectivity index (χ1v) is 10.1. The SMILES string of the molecule is Nc1ccc(C(=O)OC2CCCCC2)cc1OCCCCOc1ccccc1. The fraction of sp³-hybridized carbons (Fsp3) is 0.435. The van der Waals surface area contributed by atoms with E-state index >= 15 is 0 Å². The predicted octanol–water partition coefficient (Wildman–Crippen LogP) is 5.00. The quantitative estimate of drug-likeness (QED) is 0.375. The molecular weight excluding hydrogens is 354 g/mol. The molecule has 3 rings (SSSR count). The summed E-state index contributed by atoms with van der Waals surface area (Å²) in [6.45, 7) is 1.15. The van der Waals surface area contributed by atoms with Crippen LogP contribution in [0.4, 0.5) is 5.69 Å². The van der Waals surface area contributed by atoms with Gasteiger partial charge in [-0.2, -0.15) is 0 Å². The number of nitrogens with two attached hydrogens (primary N) is 1. The highest BCUT2D eigenvalue weighted by atomic mass is 16.5. The van der Waals surface area contributed by atoms with Crippen LogP contribution in [0.2, 0.25) is 0 Å². The van der Waals surface area contributed by atoms with E-state index in [1.165, 1.54) is 6.42 Å². The third-order valence-corrected chi connectivity index (χ3v) is 4.88. The van der Waals surface area contributed by atoms with Gasteiger partial charge in [0.05, 0.1) is 24.5 Å². The molecule has 5 heteroatoms. The maximum Gasteiger partial charge on any atom is 0.338 e. The molecule has 2 aromatic carbocycles. The van der Waals surface area contributed by atoms with Crippen molar-refractivity contribution in [3.05, 3.63) is 54.1 Å². The lowest BCUT2D eigenvalue weighted by Crippen LogP contribution is -2.21. The van der Waals surface area contributed by atoms with E-state index in [4.69, 9.17) is 19.9 Å². The Bertz CT molecular complexity index is 742. The average Bonchev–Trinajstić information content (AvgIpc) is 2.73. The van der Waals surface area contributed by atoms with Gasteiger partial charge in [0.15, 0.2) is 0 Å². The molecule has 0 unspecified atom stereocenters. The van der Waals surface area contributed by atoms with Gasteiger partial charge >= 0.3 is 5.97 Å². The summed E-state index contributed by atoms with van der Waals surface area (Å²) in [7, 11) is 0. The fourth-order valence-corrected chi connectivity index (χ4v) is 3.28. The van der Waals surface area contributed by atoms with E-state index in [0.29, 0.717) is 30.2 Å². The minimum absolute atomic E-state index is 0.0350. The molecule has 2 aromatic rings. The van der Waals surface area contributed by atoms with E-state index in [1.807, 2.05) is 30.3 Å². The van der Waals surface area contributed by atoms with E-state index in [9.17, 15) is 4.79 Å². The number of esters is 1. The molecular formula is C23H29NO4. The maximum absolute atomic E-state index is 12.4. The van der Waals surface area contributed by atoms with Gasteiger partial charge in [-0.1, -0.05) is 24.6 Å². The first-order valence-electron chi connectivity index (χ1n) is 10.1. The summed E-state index contributed by atoms with van der Waals surface area (Å²) < 4.78 is 17.1. The van der Waals surface area contributed by atoms with Crippen molar-refractivity contribution in [2.24, 2.45) is 0 Å². The first kappa shape index (κ1) is 20.1. The minimum atomic E-state index is -0.298. The second kappa shape index (κ2) is 10.6. The summed E-state index contributed by atoms with van der Waals surface area (Å²) in [6, 6.07) is 14.8. The summed E-state index contributed by atoms with van der Waals surface area (Å²) in [5.74, 6) is 1.10. The highest BCUT2D eigenvalue weighted by Gasteiger charge is 2.19. The number of carbonyl (C=O) groups is 1. The van der Waals surface area contributed by atoms with Gasteiger partial charge in [-0.15, -0.1) is 0 Å². The van der Waals surface area contributed by atoms with Gasteiger partial charge in [-0.3, -0.25) is 0 Å². The van der Waals surface area contributed by atoms with Crippen LogP contribution in [0.3, 0.4) is 0 Å². The standard InChI is InChI=1S/C23H29NO4/c24-21-14-13-18(23(25)28-20-11-5-2-6-12-20)17-22(21)27-16-8-7-15-26-19-9-3-1-4-10-19/h1,3-4,9-10,13-14,17,20H,2,5-8,11-12,15-16,24H2. The predicted molar refractivity (Wildman–Crippen MR) is 110 cm³/mol. The van der Waals surface area contributed by atoms with Gasteiger partial charge in [0.1, 0.15) is 17.6 Å². The number of rotatable bonds is 9. The monoisotopic (exact) mass is 383 g/mol. The molecule has 0 amide bonds. The molecule has 0 heterocycles. The molecule has 0 spiro atoms. The van der Waals surface area contributed by atoms with Crippen LogP contribution >= 0.6 is 0 Å². The number of para-hydroxylation sites is 1. The van der Waals surface area contributed by atoms with Crippen molar-refractivity contribution in [2.75, 3.05) is 18.9 Å². The average molecular weight is 383 g/mol. The van der Waals surface area contributed by atoms with Crippen LogP contribution in [-0.2, 0) is 4.74 Å². The number of hydrogen-bond donors (Lipinski definition) is 1. The second-order valence-electron chi connectivity index (χ2n) is 7.14. The number of anilines is 1. The van der Waals surface area contributed by atoms with E-state index in [0.717, 1.165) is 44.3 Å². The molecule has 0 aliphatic heterocycles. The lowest BCUT2D eigenvalue weighted by atomic mass is 9.98. The molecule has 0 radical (unpaired) electrons. The number of unbranched alkanes of at least 4 members (excludes halogenated alkanes) is 1. The first-order chi connectivity index (χ1) is 13.7. The Morgan fingerprint density at radius 2 is 1.64 bits per heavy atom. The number of nitrogen functional groups attached to an aromatic ring is 1. The second-order valence-corrected chi connectivity index (χ2v) is 7.14. The fourth-order valence-electron chi connectivity index (χ4n) is 3.28. The van der Waals surface area contributed by atoms with Crippen molar-refractivity contribution >= 4 is 11.7 Å². The lowest BCUT2D eigenvalue weighted by Gasteiger charge is -2.22. The highest BCUT2D eigenvalue weighted by molar-refractivity contribution is 5.90. The van der Waals surface area contributed by atoms with Crippen molar-refractivity contribution in [1.82, 2.24) is 0 Å². The molecule has 150 valence electrons. The van der Waals surface area contributed by atoms with Gasteiger partial charge in [0.25, 0.3) is 0 Å². The molecule has 0 aromatic heterocycles. The minimum Gasteiger partial charge on any atom is -0.494 e. The molecule has 1 fully saturated rings. The molecule has 1 aliphatic carbocycles. The zero-order valence-corrected chi connectivity index (χ0v) is 16.3. The summed E-state index contributed by atoms with van der Waals surface area (Å²) >= 11 is 0. The molecule has 2 N–H and O–H groups in total. The Balaban J connectivity index is 1.42. The van der Waals surface area contributed by atoms with Crippen LogP contribution in [-0.4, -0.2) is 25.3 Å². The van der Waals surface area contributed by atoms with Gasteiger partial charge < -0.3 is 19.9 Å². The largest absolute Gasteiger partial charge is 0.494 e. The molecule has 1 aliphatic rings. The van der Waals surface area contributed by atoms with E-state index in [1.54, 1.807) is 18.2 Å². The number of hydrogen-bond acceptors (Lipinski definition) is 5. The van der Waals surface area contributed by atoms with Crippen LogP contribution in [0.5, 0.6) is 11.5 Å². The van der Waals surface area contributed by atoms with Crippen molar-refractivity contribution in [3.63, 3.8) is 0 Å². The van der Waals surface area contributed by atoms with Crippen molar-refractivity contribution < 1.29 is 19.0 Å². The van der Waals surface area contributed by atoms with Crippen LogP contribution < -0.4 is 15.2 Å². The Kier molecular flexibility index (Phi) is 7.59. The maximum atomic E-state index is 12.4. The van der Waals surface area contributed by atoms with E-state index in [-0.39, 0.29) is 12.1 Å². The van der Waals surface area contributed by atoms with Gasteiger partial charge in [-0.05, 0) is 68.9 Å². The van der Waals surface area contributed by atoms with Crippen molar-refractivity contribution in [3.8, 4) is 11.5 Å². The summed E-state index contributed by atoms with van der Waals surface area (Å²) in [5, 5.41) is 0. The third-order valence-electron chi connectivity index (χ3n) is 4.88. The Morgan fingerprint density at radius 1 is 0.929 bits per heavy atom. The van der Waals surface area contributed by atoms with Crippen molar-refractivity contribution in [1.29, 1.82) is 0 Å².